The number of anilines is 1. The molecule has 0 aromatic heterocycles. The SMILES string of the molecule is CCOP(=NCCSc1ccccc1)(OC(=O)Nc1ccc(Cl)cc1C)SCC(C)C. The number of aryl methyl sites for hydroxylation is 1. The molecule has 0 heterocycles. The highest BCUT2D eigenvalue weighted by Crippen LogP contribution is 2.64. The Kier molecular flexibility index (Phi) is 11.3. The van der Waals surface area contributed by atoms with Gasteiger partial charge in [0.25, 0.3) is 0 Å². The van der Waals surface area contributed by atoms with Crippen LogP contribution in [-0.2, 0) is 9.05 Å². The normalized spacial score (nSPS) is 13.0. The van der Waals surface area contributed by atoms with Crippen molar-refractivity contribution in [2.45, 2.75) is 32.6 Å². The highest BCUT2D eigenvalue weighted by molar-refractivity contribution is 8.56. The largest absolute Gasteiger partial charge is 0.417 e. The van der Waals surface area contributed by atoms with Crippen LogP contribution in [0.25, 0.3) is 0 Å². The number of rotatable bonds is 11. The summed E-state index contributed by atoms with van der Waals surface area (Å²) >= 11 is 9.23. The Balaban J connectivity index is 2.13. The van der Waals surface area contributed by atoms with Crippen LogP contribution < -0.4 is 5.32 Å². The number of carbonyl (C=O) groups is 1. The molecule has 9 heteroatoms. The summed E-state index contributed by atoms with van der Waals surface area (Å²) < 4.78 is 16.6. The van der Waals surface area contributed by atoms with Crippen molar-refractivity contribution in [3.8, 4) is 0 Å². The first-order valence-electron chi connectivity index (χ1n) is 10.2. The Morgan fingerprint density at radius 1 is 1.23 bits per heavy atom. The van der Waals surface area contributed by atoms with Crippen molar-refractivity contribution >= 4 is 53.2 Å². The van der Waals surface area contributed by atoms with Gasteiger partial charge in [0.2, 0.25) is 0 Å². The smallest absolute Gasteiger partial charge is 0.381 e. The number of hydrogen-bond donors (Lipinski definition) is 1. The molecular weight excluding hydrogens is 471 g/mol. The van der Waals surface area contributed by atoms with E-state index in [-0.39, 0.29) is 0 Å². The van der Waals surface area contributed by atoms with Gasteiger partial charge in [-0.2, -0.15) is 0 Å². The van der Waals surface area contributed by atoms with Crippen LogP contribution in [-0.4, -0.2) is 30.8 Å². The van der Waals surface area contributed by atoms with E-state index in [1.54, 1.807) is 30.0 Å². The minimum atomic E-state index is -2.80. The summed E-state index contributed by atoms with van der Waals surface area (Å²) in [7, 11) is 0. The Morgan fingerprint density at radius 3 is 2.61 bits per heavy atom. The lowest BCUT2D eigenvalue weighted by Gasteiger charge is -2.23. The van der Waals surface area contributed by atoms with Crippen molar-refractivity contribution in [1.29, 1.82) is 0 Å². The summed E-state index contributed by atoms with van der Waals surface area (Å²) in [6, 6.07) is 15.5. The van der Waals surface area contributed by atoms with Crippen LogP contribution in [0.4, 0.5) is 10.5 Å². The van der Waals surface area contributed by atoms with Gasteiger partial charge in [-0.1, -0.05) is 43.6 Å². The molecule has 2 rings (SSSR count). The molecule has 0 aliphatic heterocycles. The van der Waals surface area contributed by atoms with Crippen LogP contribution in [0, 0.1) is 12.8 Å². The molecule has 170 valence electrons. The second-order valence-electron chi connectivity index (χ2n) is 7.07. The lowest BCUT2D eigenvalue weighted by molar-refractivity contribution is 0.209. The van der Waals surface area contributed by atoms with Gasteiger partial charge in [-0.05, 0) is 67.0 Å². The zero-order valence-corrected chi connectivity index (χ0v) is 21.6. The highest BCUT2D eigenvalue weighted by atomic mass is 35.5. The van der Waals surface area contributed by atoms with Gasteiger partial charge in [0.05, 0.1) is 13.2 Å². The lowest BCUT2D eigenvalue weighted by Crippen LogP contribution is -2.14. The minimum Gasteiger partial charge on any atom is -0.381 e. The second kappa shape index (κ2) is 13.4. The van der Waals surface area contributed by atoms with E-state index in [0.29, 0.717) is 29.8 Å². The number of thioether (sulfide) groups is 1. The summed E-state index contributed by atoms with van der Waals surface area (Å²) in [6.45, 7) is 6.17. The third kappa shape index (κ3) is 9.50. The third-order valence-electron chi connectivity index (χ3n) is 3.86. The van der Waals surface area contributed by atoms with Crippen molar-refractivity contribution in [1.82, 2.24) is 0 Å². The third-order valence-corrected chi connectivity index (χ3v) is 10.1. The molecule has 0 aliphatic rings. The summed E-state index contributed by atoms with van der Waals surface area (Å²) in [4.78, 5) is 13.9. The van der Waals surface area contributed by atoms with Gasteiger partial charge in [0, 0.05) is 27.1 Å². The molecule has 5 nitrogen and oxygen atoms in total. The Morgan fingerprint density at radius 2 is 1.97 bits per heavy atom. The first kappa shape index (κ1) is 26.1. The molecule has 0 saturated heterocycles. The summed E-state index contributed by atoms with van der Waals surface area (Å²) in [6.07, 6.45) is -0.567. The maximum Gasteiger partial charge on any atom is 0.417 e. The average molecular weight is 501 g/mol. The number of amides is 1. The summed E-state index contributed by atoms with van der Waals surface area (Å²) in [5.41, 5.74) is 1.51. The first-order chi connectivity index (χ1) is 14.8. The van der Waals surface area contributed by atoms with Crippen molar-refractivity contribution < 1.29 is 13.8 Å². The van der Waals surface area contributed by atoms with Gasteiger partial charge in [-0.3, -0.25) is 5.32 Å². The van der Waals surface area contributed by atoms with E-state index in [0.717, 1.165) is 17.1 Å². The van der Waals surface area contributed by atoms with E-state index in [1.807, 2.05) is 32.0 Å². The van der Waals surface area contributed by atoms with Crippen LogP contribution in [0.3, 0.4) is 0 Å². The molecule has 2 aromatic rings. The number of carbonyl (C=O) groups excluding carboxylic acids is 1. The Bertz CT molecular complexity index is 898. The van der Waals surface area contributed by atoms with Gasteiger partial charge in [0.15, 0.2) is 0 Å². The van der Waals surface area contributed by atoms with E-state index in [2.05, 4.69) is 31.3 Å². The first-order valence-corrected chi connectivity index (χ1v) is 14.7. The van der Waals surface area contributed by atoms with Crippen molar-refractivity contribution in [3.05, 3.63) is 59.1 Å². The predicted molar refractivity (Wildman–Crippen MR) is 137 cm³/mol. The zero-order valence-electron chi connectivity index (χ0n) is 18.3. The minimum absolute atomic E-state index is 0.418. The van der Waals surface area contributed by atoms with E-state index in [9.17, 15) is 4.79 Å². The van der Waals surface area contributed by atoms with Gasteiger partial charge < -0.3 is 9.05 Å². The molecule has 2 aromatic carbocycles. The Hall–Kier alpha value is -1.11. The number of hydrogen-bond acceptors (Lipinski definition) is 6. The average Bonchev–Trinajstić information content (AvgIpc) is 2.73. The van der Waals surface area contributed by atoms with Gasteiger partial charge in [0.1, 0.15) is 0 Å². The molecule has 1 N–H and O–H groups in total. The predicted octanol–water partition coefficient (Wildman–Crippen LogP) is 8.36. The van der Waals surface area contributed by atoms with Crippen LogP contribution in [0.5, 0.6) is 0 Å². The fourth-order valence-corrected chi connectivity index (χ4v) is 8.25. The number of nitrogens with zero attached hydrogens (tertiary/aromatic N) is 1. The highest BCUT2D eigenvalue weighted by Gasteiger charge is 2.28. The van der Waals surface area contributed by atoms with E-state index in [1.165, 1.54) is 16.3 Å². The Labute approximate surface area is 199 Å². The van der Waals surface area contributed by atoms with Crippen molar-refractivity contribution in [2.24, 2.45) is 10.7 Å². The van der Waals surface area contributed by atoms with Crippen LogP contribution >= 0.6 is 41.5 Å². The van der Waals surface area contributed by atoms with Crippen LogP contribution in [0.2, 0.25) is 5.02 Å². The molecule has 1 unspecified atom stereocenters. The molecule has 0 aliphatic carbocycles. The molecule has 0 saturated carbocycles. The maximum absolute atomic E-state index is 12.7. The number of halogens is 1. The fraction of sp³-hybridized carbons (Fsp3) is 0.409. The van der Waals surface area contributed by atoms with Gasteiger partial charge >= 0.3 is 12.8 Å². The number of nitrogens with one attached hydrogen (secondary N) is 1. The van der Waals surface area contributed by atoms with Gasteiger partial charge in [-0.25, -0.2) is 9.54 Å². The molecule has 31 heavy (non-hydrogen) atoms. The van der Waals surface area contributed by atoms with Crippen LogP contribution in [0.15, 0.2) is 58.2 Å². The second-order valence-corrected chi connectivity index (χ2v) is 13.1. The standard InChI is InChI=1S/C22H30ClN2O3PS2/c1-5-27-29(31-16-17(2)3,24-13-14-30-20-9-7-6-8-10-20)28-22(26)25-21-12-11-19(23)15-18(21)4/h6-12,15,17H,5,13-14,16H2,1-4H3,(H,25,26). The monoisotopic (exact) mass is 500 g/mol. The van der Waals surface area contributed by atoms with E-state index in [4.69, 9.17) is 25.4 Å². The van der Waals surface area contributed by atoms with Gasteiger partial charge in [-0.15, -0.1) is 11.8 Å². The molecule has 0 bridgehead atoms. The van der Waals surface area contributed by atoms with E-state index < -0.39 is 12.8 Å². The molecule has 1 amide bonds. The van der Waals surface area contributed by atoms with Crippen molar-refractivity contribution in [2.75, 3.05) is 30.0 Å². The summed E-state index contributed by atoms with van der Waals surface area (Å²) in [5.74, 6) is 1.99. The molecule has 0 spiro atoms. The topological polar surface area (TPSA) is 59.9 Å². The van der Waals surface area contributed by atoms with Crippen molar-refractivity contribution in [3.63, 3.8) is 0 Å². The summed E-state index contributed by atoms with van der Waals surface area (Å²) in [5, 5.41) is 3.42. The molecule has 0 radical (unpaired) electrons. The molecule has 1 atom stereocenters. The number of benzene rings is 2. The molecular formula is C22H30ClN2O3PS2. The lowest BCUT2D eigenvalue weighted by atomic mass is 10.2. The zero-order chi connectivity index (χ0) is 22.7. The van der Waals surface area contributed by atoms with Crippen LogP contribution in [0.1, 0.15) is 26.3 Å². The molecule has 0 fully saturated rings. The van der Waals surface area contributed by atoms with E-state index >= 15 is 0 Å². The quantitative estimate of drug-likeness (QED) is 0.191. The fourth-order valence-electron chi connectivity index (χ4n) is 2.46. The maximum atomic E-state index is 12.7.